The molecule has 0 N–H and O–H groups in total. The number of ether oxygens (including phenoxy) is 4. The van der Waals surface area contributed by atoms with Crippen molar-refractivity contribution in [2.24, 2.45) is 5.92 Å². The Balaban J connectivity index is 3.12. The van der Waals surface area contributed by atoms with Gasteiger partial charge in [0.2, 0.25) is 0 Å². The van der Waals surface area contributed by atoms with Crippen LogP contribution in [0.15, 0.2) is 0 Å². The summed E-state index contributed by atoms with van der Waals surface area (Å²) in [7, 11) is 0. The van der Waals surface area contributed by atoms with Crippen molar-refractivity contribution in [3.8, 4) is 0 Å². The molecular weight excluding hydrogens is 428 g/mol. The molecule has 0 aromatic heterocycles. The van der Waals surface area contributed by atoms with Crippen LogP contribution in [0, 0.1) is 5.92 Å². The average molecular weight is 487 g/mol. The quantitative estimate of drug-likeness (QED) is 0.0831. The third-order valence-corrected chi connectivity index (χ3v) is 5.99. The van der Waals surface area contributed by atoms with Gasteiger partial charge in [0, 0.05) is 19.6 Å². The molecule has 204 valence electrons. The summed E-state index contributed by atoms with van der Waals surface area (Å²) >= 11 is 0. The molecule has 5 nitrogen and oxygen atoms in total. The van der Waals surface area contributed by atoms with Crippen molar-refractivity contribution < 1.29 is 23.7 Å². The first kappa shape index (κ1) is 33.4. The number of rotatable bonds is 28. The van der Waals surface area contributed by atoms with E-state index in [0.29, 0.717) is 52.5 Å². The van der Waals surface area contributed by atoms with Gasteiger partial charge < -0.3 is 18.9 Å². The van der Waals surface area contributed by atoms with E-state index in [9.17, 15) is 4.79 Å². The minimum Gasteiger partial charge on any atom is -0.466 e. The van der Waals surface area contributed by atoms with Crippen LogP contribution >= 0.6 is 0 Å². The highest BCUT2D eigenvalue weighted by Gasteiger charge is 2.03. The monoisotopic (exact) mass is 486 g/mol. The standard InChI is InChI=1S/C29H58O5/c1-4-5-6-7-8-9-10-11-13-16-21-31-24-26-33-27-25-32-22-18-20-29(30)34-23-17-14-12-15-19-28(2)3/h28H,4-27H2,1-3H3. The smallest absolute Gasteiger partial charge is 0.305 e. The number of unbranched alkanes of at least 4 members (excludes halogenated alkanes) is 12. The van der Waals surface area contributed by atoms with Gasteiger partial charge in [-0.3, -0.25) is 4.79 Å². The van der Waals surface area contributed by atoms with E-state index in [1.165, 1.54) is 77.0 Å². The second-order valence-electron chi connectivity index (χ2n) is 9.94. The Hall–Kier alpha value is -0.650. The molecule has 0 amide bonds. The van der Waals surface area contributed by atoms with Crippen LogP contribution in [0.5, 0.6) is 0 Å². The van der Waals surface area contributed by atoms with Gasteiger partial charge in [0.05, 0.1) is 33.0 Å². The molecule has 0 saturated carbocycles. The zero-order valence-electron chi connectivity index (χ0n) is 23.1. The molecule has 0 aliphatic heterocycles. The van der Waals surface area contributed by atoms with Gasteiger partial charge >= 0.3 is 5.97 Å². The average Bonchev–Trinajstić information content (AvgIpc) is 2.82. The summed E-state index contributed by atoms with van der Waals surface area (Å²) in [6.45, 7) is 11.1. The summed E-state index contributed by atoms with van der Waals surface area (Å²) in [5.74, 6) is 0.672. The Labute approximate surface area is 212 Å². The molecule has 0 atom stereocenters. The van der Waals surface area contributed by atoms with E-state index in [1.807, 2.05) is 0 Å². The van der Waals surface area contributed by atoms with Crippen LogP contribution in [0.3, 0.4) is 0 Å². The van der Waals surface area contributed by atoms with E-state index in [0.717, 1.165) is 31.8 Å². The third kappa shape index (κ3) is 29.4. The lowest BCUT2D eigenvalue weighted by Gasteiger charge is -2.08. The number of hydrogen-bond acceptors (Lipinski definition) is 5. The van der Waals surface area contributed by atoms with Crippen LogP contribution in [0.4, 0.5) is 0 Å². The first-order valence-corrected chi connectivity index (χ1v) is 14.6. The van der Waals surface area contributed by atoms with E-state index >= 15 is 0 Å². The molecule has 0 spiro atoms. The fourth-order valence-corrected chi connectivity index (χ4v) is 3.82. The zero-order valence-corrected chi connectivity index (χ0v) is 23.1. The van der Waals surface area contributed by atoms with Gasteiger partial charge in [0.1, 0.15) is 0 Å². The Bertz CT molecular complexity index is 400. The molecular formula is C29H58O5. The number of hydrogen-bond donors (Lipinski definition) is 0. The van der Waals surface area contributed by atoms with Crippen molar-refractivity contribution in [1.29, 1.82) is 0 Å². The number of carbonyl (C=O) groups excluding carboxylic acids is 1. The predicted octanol–water partition coefficient (Wildman–Crippen LogP) is 7.89. The molecule has 34 heavy (non-hydrogen) atoms. The van der Waals surface area contributed by atoms with E-state index in [1.54, 1.807) is 0 Å². The van der Waals surface area contributed by atoms with Crippen molar-refractivity contribution in [2.45, 2.75) is 130 Å². The summed E-state index contributed by atoms with van der Waals surface area (Å²) in [5.41, 5.74) is 0. The Kier molecular flexibility index (Phi) is 28.0. The Morgan fingerprint density at radius 1 is 0.529 bits per heavy atom. The van der Waals surface area contributed by atoms with Gasteiger partial charge in [-0.2, -0.15) is 0 Å². The molecule has 0 saturated heterocycles. The van der Waals surface area contributed by atoms with Crippen LogP contribution < -0.4 is 0 Å². The summed E-state index contributed by atoms with van der Waals surface area (Å²) in [6, 6.07) is 0. The summed E-state index contributed by atoms with van der Waals surface area (Å²) in [4.78, 5) is 11.7. The van der Waals surface area contributed by atoms with Crippen LogP contribution in [0.1, 0.15) is 130 Å². The largest absolute Gasteiger partial charge is 0.466 e. The van der Waals surface area contributed by atoms with Crippen molar-refractivity contribution >= 4 is 5.97 Å². The van der Waals surface area contributed by atoms with E-state index < -0.39 is 0 Å². The zero-order chi connectivity index (χ0) is 25.0. The first-order valence-electron chi connectivity index (χ1n) is 14.6. The minimum absolute atomic E-state index is 0.110. The summed E-state index contributed by atoms with van der Waals surface area (Å²) in [5, 5.41) is 0. The molecule has 0 fully saturated rings. The van der Waals surface area contributed by atoms with E-state index in [-0.39, 0.29) is 5.97 Å². The van der Waals surface area contributed by atoms with Crippen molar-refractivity contribution in [1.82, 2.24) is 0 Å². The van der Waals surface area contributed by atoms with Gasteiger partial charge in [-0.15, -0.1) is 0 Å². The number of carbonyl (C=O) groups is 1. The second kappa shape index (κ2) is 28.6. The van der Waals surface area contributed by atoms with Crippen molar-refractivity contribution in [3.05, 3.63) is 0 Å². The van der Waals surface area contributed by atoms with Gasteiger partial charge in [0.15, 0.2) is 0 Å². The maximum atomic E-state index is 11.7. The van der Waals surface area contributed by atoms with E-state index in [2.05, 4.69) is 20.8 Å². The van der Waals surface area contributed by atoms with Crippen LogP contribution in [-0.2, 0) is 23.7 Å². The lowest BCUT2D eigenvalue weighted by Crippen LogP contribution is -2.11. The SMILES string of the molecule is CCCCCCCCCCCCOCCOCCOCCCC(=O)OCCCCCCC(C)C. The topological polar surface area (TPSA) is 54.0 Å². The summed E-state index contributed by atoms with van der Waals surface area (Å²) in [6.07, 6.45) is 20.5. The molecule has 0 aromatic carbocycles. The van der Waals surface area contributed by atoms with Crippen LogP contribution in [0.25, 0.3) is 0 Å². The first-order chi connectivity index (χ1) is 16.7. The van der Waals surface area contributed by atoms with E-state index in [4.69, 9.17) is 18.9 Å². The van der Waals surface area contributed by atoms with Gasteiger partial charge in [-0.25, -0.2) is 0 Å². The molecule has 0 rings (SSSR count). The third-order valence-electron chi connectivity index (χ3n) is 5.99. The van der Waals surface area contributed by atoms with Gasteiger partial charge in [-0.1, -0.05) is 104 Å². The van der Waals surface area contributed by atoms with Gasteiger partial charge in [0.25, 0.3) is 0 Å². The molecule has 0 radical (unpaired) electrons. The maximum absolute atomic E-state index is 11.7. The Morgan fingerprint density at radius 3 is 1.53 bits per heavy atom. The molecule has 0 aromatic rings. The highest BCUT2D eigenvalue weighted by atomic mass is 16.5. The van der Waals surface area contributed by atoms with Gasteiger partial charge in [-0.05, 0) is 25.2 Å². The molecule has 5 heteroatoms. The lowest BCUT2D eigenvalue weighted by molar-refractivity contribution is -0.144. The molecule has 0 unspecified atom stereocenters. The summed E-state index contributed by atoms with van der Waals surface area (Å²) < 4.78 is 22.0. The highest BCUT2D eigenvalue weighted by Crippen LogP contribution is 2.11. The fourth-order valence-electron chi connectivity index (χ4n) is 3.82. The van der Waals surface area contributed by atoms with Crippen LogP contribution in [-0.4, -0.2) is 52.2 Å². The van der Waals surface area contributed by atoms with Crippen molar-refractivity contribution in [3.63, 3.8) is 0 Å². The molecule has 0 heterocycles. The predicted molar refractivity (Wildman–Crippen MR) is 142 cm³/mol. The molecule has 0 aliphatic rings. The number of esters is 1. The second-order valence-corrected chi connectivity index (χ2v) is 9.94. The minimum atomic E-state index is -0.110. The lowest BCUT2D eigenvalue weighted by atomic mass is 10.0. The van der Waals surface area contributed by atoms with Crippen LogP contribution in [0.2, 0.25) is 0 Å². The maximum Gasteiger partial charge on any atom is 0.305 e. The Morgan fingerprint density at radius 2 is 0.971 bits per heavy atom. The fraction of sp³-hybridized carbons (Fsp3) is 0.966. The normalized spacial score (nSPS) is 11.4. The van der Waals surface area contributed by atoms with Crippen molar-refractivity contribution in [2.75, 3.05) is 46.2 Å². The molecule has 0 bridgehead atoms. The highest BCUT2D eigenvalue weighted by molar-refractivity contribution is 5.69. The molecule has 0 aliphatic carbocycles.